The Morgan fingerprint density at radius 3 is 2.45 bits per heavy atom. The molecule has 3 rings (SSSR count). The Hall–Kier alpha value is -2.01. The lowest BCUT2D eigenvalue weighted by molar-refractivity contribution is 0.141. The predicted molar refractivity (Wildman–Crippen MR) is 114 cm³/mol. The van der Waals surface area contributed by atoms with Crippen LogP contribution in [-0.4, -0.2) is 27.4 Å². The number of hydrogen-bond acceptors (Lipinski definition) is 6. The van der Waals surface area contributed by atoms with Gasteiger partial charge in [-0.15, -0.1) is 0 Å². The van der Waals surface area contributed by atoms with E-state index in [0.717, 1.165) is 40.7 Å². The van der Waals surface area contributed by atoms with Gasteiger partial charge in [-0.3, -0.25) is 9.05 Å². The number of rotatable bonds is 9. The van der Waals surface area contributed by atoms with Crippen LogP contribution in [0.5, 0.6) is 11.5 Å². The van der Waals surface area contributed by atoms with Crippen LogP contribution in [0.15, 0.2) is 42.2 Å². The fourth-order valence-corrected chi connectivity index (χ4v) is 5.04. The van der Waals surface area contributed by atoms with Crippen LogP contribution in [0.4, 0.5) is 0 Å². The van der Waals surface area contributed by atoms with E-state index in [4.69, 9.17) is 23.0 Å². The maximum Gasteiger partial charge on any atom is 0.529 e. The van der Waals surface area contributed by atoms with Crippen LogP contribution >= 0.6 is 7.82 Å². The van der Waals surface area contributed by atoms with Gasteiger partial charge in [0.15, 0.2) is 0 Å². The van der Waals surface area contributed by atoms with Gasteiger partial charge in [0.2, 0.25) is 0 Å². The van der Waals surface area contributed by atoms with Crippen molar-refractivity contribution in [2.75, 3.05) is 27.4 Å². The molecule has 29 heavy (non-hydrogen) atoms. The number of benzene rings is 2. The molecule has 1 atom stereocenters. The molecule has 0 saturated carbocycles. The summed E-state index contributed by atoms with van der Waals surface area (Å²) in [6.07, 6.45) is 4.46. The Labute approximate surface area is 172 Å². The average Bonchev–Trinajstić information content (AvgIpc) is 2.72. The van der Waals surface area contributed by atoms with E-state index in [1.165, 1.54) is 0 Å². The summed E-state index contributed by atoms with van der Waals surface area (Å²) in [6.45, 7) is 4.02. The summed E-state index contributed by atoms with van der Waals surface area (Å²) in [5.74, 6) is 2.18. The normalized spacial score (nSPS) is 17.1. The minimum absolute atomic E-state index is 0.00459. The highest BCUT2D eigenvalue weighted by Crippen LogP contribution is 2.53. The fourth-order valence-electron chi connectivity index (χ4n) is 3.79. The van der Waals surface area contributed by atoms with Crippen molar-refractivity contribution in [3.05, 3.63) is 47.7 Å². The number of allylic oxidation sites excluding steroid dienone is 2. The zero-order chi connectivity index (χ0) is 20.9. The molecule has 0 radical (unpaired) electrons. The van der Waals surface area contributed by atoms with Gasteiger partial charge in [-0.25, -0.2) is 4.57 Å². The van der Waals surface area contributed by atoms with Crippen molar-refractivity contribution in [2.24, 2.45) is 0 Å². The molecule has 1 aliphatic rings. The van der Waals surface area contributed by atoms with Gasteiger partial charge in [0.05, 0.1) is 27.4 Å². The first kappa shape index (κ1) is 21.7. The second-order valence-corrected chi connectivity index (χ2v) is 8.35. The zero-order valence-corrected chi connectivity index (χ0v) is 18.4. The third-order valence-electron chi connectivity index (χ3n) is 4.93. The minimum atomic E-state index is -3.61. The van der Waals surface area contributed by atoms with E-state index < -0.39 is 7.82 Å². The third kappa shape index (κ3) is 4.77. The molecule has 0 heterocycles. The van der Waals surface area contributed by atoms with Gasteiger partial charge in [-0.1, -0.05) is 24.3 Å². The molecular formula is C22H29O6P. The Bertz CT molecular complexity index is 913. The van der Waals surface area contributed by atoms with E-state index >= 15 is 0 Å². The molecule has 0 fully saturated rings. The quantitative estimate of drug-likeness (QED) is 0.450. The average molecular weight is 420 g/mol. The van der Waals surface area contributed by atoms with Crippen LogP contribution in [0.3, 0.4) is 0 Å². The SMILES string of the molecule is CCOP(=O)(OCC)OC1=C[C@@H](c2c(OC)cc3ccccc3c2OC)CCC1. The first-order chi connectivity index (χ1) is 14.0. The topological polar surface area (TPSA) is 63.2 Å². The monoisotopic (exact) mass is 420 g/mol. The highest BCUT2D eigenvalue weighted by Gasteiger charge is 2.31. The first-order valence-electron chi connectivity index (χ1n) is 9.98. The van der Waals surface area contributed by atoms with Gasteiger partial charge >= 0.3 is 7.82 Å². The van der Waals surface area contributed by atoms with Gasteiger partial charge in [0, 0.05) is 23.3 Å². The number of fused-ring (bicyclic) bond motifs is 1. The molecule has 2 aromatic carbocycles. The third-order valence-corrected chi connectivity index (χ3v) is 6.53. The van der Waals surface area contributed by atoms with E-state index in [2.05, 4.69) is 0 Å². The molecule has 6 nitrogen and oxygen atoms in total. The van der Waals surface area contributed by atoms with Gasteiger partial charge in [0.1, 0.15) is 17.3 Å². The summed E-state index contributed by atoms with van der Waals surface area (Å²) in [6, 6.07) is 10.1. The van der Waals surface area contributed by atoms with E-state index in [1.54, 1.807) is 28.1 Å². The summed E-state index contributed by atoms with van der Waals surface area (Å²) in [7, 11) is -0.278. The van der Waals surface area contributed by atoms with E-state index in [9.17, 15) is 4.57 Å². The van der Waals surface area contributed by atoms with Crippen molar-refractivity contribution in [1.29, 1.82) is 0 Å². The van der Waals surface area contributed by atoms with E-state index in [-0.39, 0.29) is 19.1 Å². The first-order valence-corrected chi connectivity index (χ1v) is 11.4. The van der Waals surface area contributed by atoms with Crippen LogP contribution in [0.25, 0.3) is 10.8 Å². The van der Waals surface area contributed by atoms with E-state index in [1.807, 2.05) is 36.4 Å². The van der Waals surface area contributed by atoms with Crippen molar-refractivity contribution in [1.82, 2.24) is 0 Å². The van der Waals surface area contributed by atoms with Gasteiger partial charge < -0.3 is 14.0 Å². The summed E-state index contributed by atoms with van der Waals surface area (Å²) in [5.41, 5.74) is 0.970. The van der Waals surface area contributed by atoms with Crippen molar-refractivity contribution >= 4 is 18.6 Å². The molecule has 158 valence electrons. The standard InChI is InChI=1S/C22H29O6P/c1-5-26-29(23,27-6-2)28-18-12-9-11-17(14-18)21-20(24-3)15-16-10-7-8-13-19(16)22(21)25-4/h7-8,10,13-15,17H,5-6,9,11-12H2,1-4H3/t17-/m0/s1. The van der Waals surface area contributed by atoms with Crippen molar-refractivity contribution < 1.29 is 27.6 Å². The van der Waals surface area contributed by atoms with Crippen molar-refractivity contribution in [2.45, 2.75) is 39.0 Å². The van der Waals surface area contributed by atoms with E-state index in [0.29, 0.717) is 12.2 Å². The van der Waals surface area contributed by atoms with Gasteiger partial charge in [0.25, 0.3) is 0 Å². The molecule has 2 aromatic rings. The number of phosphoric acid groups is 1. The number of ether oxygens (including phenoxy) is 2. The summed E-state index contributed by atoms with van der Waals surface area (Å²) >= 11 is 0. The fraction of sp³-hybridized carbons (Fsp3) is 0.455. The van der Waals surface area contributed by atoms with Crippen molar-refractivity contribution in [3.63, 3.8) is 0 Å². The predicted octanol–water partition coefficient (Wildman–Crippen LogP) is 6.21. The highest BCUT2D eigenvalue weighted by molar-refractivity contribution is 7.48. The second kappa shape index (κ2) is 9.66. The highest BCUT2D eigenvalue weighted by atomic mass is 31.2. The maximum atomic E-state index is 12.8. The molecule has 0 amide bonds. The maximum absolute atomic E-state index is 12.8. The largest absolute Gasteiger partial charge is 0.529 e. The smallest absolute Gasteiger partial charge is 0.496 e. The van der Waals surface area contributed by atoms with Gasteiger partial charge in [-0.05, 0) is 44.2 Å². The van der Waals surface area contributed by atoms with Gasteiger partial charge in [-0.2, -0.15) is 0 Å². The molecule has 0 saturated heterocycles. The lowest BCUT2D eigenvalue weighted by Gasteiger charge is -2.27. The molecule has 0 unspecified atom stereocenters. The van der Waals surface area contributed by atoms with Crippen LogP contribution in [-0.2, 0) is 18.1 Å². The lowest BCUT2D eigenvalue weighted by Crippen LogP contribution is -2.09. The Morgan fingerprint density at radius 2 is 1.79 bits per heavy atom. The number of phosphoric ester groups is 1. The molecule has 0 bridgehead atoms. The van der Waals surface area contributed by atoms with Crippen LogP contribution in [0.2, 0.25) is 0 Å². The molecule has 1 aliphatic carbocycles. The van der Waals surface area contributed by atoms with Crippen LogP contribution in [0, 0.1) is 0 Å². The zero-order valence-electron chi connectivity index (χ0n) is 17.5. The Kier molecular flexibility index (Phi) is 7.23. The second-order valence-electron chi connectivity index (χ2n) is 6.75. The molecular weight excluding hydrogens is 391 g/mol. The summed E-state index contributed by atoms with van der Waals surface area (Å²) < 4.78 is 40.6. The lowest BCUT2D eigenvalue weighted by atomic mass is 9.86. The molecule has 0 N–H and O–H groups in total. The van der Waals surface area contributed by atoms with Crippen LogP contribution < -0.4 is 9.47 Å². The molecule has 0 aromatic heterocycles. The number of methoxy groups -OCH3 is 2. The van der Waals surface area contributed by atoms with Crippen LogP contribution in [0.1, 0.15) is 44.6 Å². The molecule has 7 heteroatoms. The van der Waals surface area contributed by atoms with Crippen molar-refractivity contribution in [3.8, 4) is 11.5 Å². The summed E-state index contributed by atoms with van der Waals surface area (Å²) in [4.78, 5) is 0. The number of hydrogen-bond donors (Lipinski definition) is 0. The Balaban J connectivity index is 2.02. The Morgan fingerprint density at radius 1 is 1.07 bits per heavy atom. The summed E-state index contributed by atoms with van der Waals surface area (Å²) in [5, 5.41) is 2.08. The minimum Gasteiger partial charge on any atom is -0.496 e. The molecule has 0 spiro atoms. The molecule has 0 aliphatic heterocycles.